The van der Waals surface area contributed by atoms with E-state index < -0.39 is 0 Å². The van der Waals surface area contributed by atoms with E-state index in [2.05, 4.69) is 26.2 Å². The molecule has 1 aliphatic heterocycles. The molecule has 0 saturated carbocycles. The Hall–Kier alpha value is -2.58. The van der Waals surface area contributed by atoms with Crippen LogP contribution < -0.4 is 5.32 Å². The minimum absolute atomic E-state index is 0.175. The van der Waals surface area contributed by atoms with Crippen LogP contribution in [0.3, 0.4) is 0 Å². The van der Waals surface area contributed by atoms with Gasteiger partial charge in [0.2, 0.25) is 5.91 Å². The zero-order chi connectivity index (χ0) is 19.0. The lowest BCUT2D eigenvalue weighted by Gasteiger charge is -2.13. The van der Waals surface area contributed by atoms with Gasteiger partial charge in [-0.15, -0.1) is 0 Å². The van der Waals surface area contributed by atoms with Gasteiger partial charge in [0.1, 0.15) is 5.69 Å². The Bertz CT molecular complexity index is 1050. The molecule has 1 saturated heterocycles. The SMILES string of the molecule is O=C(Nc1ccc(CN2C(=O)CSC2=O)cc1)c1[nH]c2ccccc2c1Br. The Kier molecular flexibility index (Phi) is 4.75. The Morgan fingerprint density at radius 2 is 1.89 bits per heavy atom. The van der Waals surface area contributed by atoms with Crippen LogP contribution in [0.5, 0.6) is 0 Å². The molecule has 2 N–H and O–H groups in total. The van der Waals surface area contributed by atoms with Gasteiger partial charge in [-0.05, 0) is 39.7 Å². The van der Waals surface area contributed by atoms with Gasteiger partial charge in [0.05, 0.1) is 16.8 Å². The second-order valence-electron chi connectivity index (χ2n) is 6.05. The summed E-state index contributed by atoms with van der Waals surface area (Å²) in [5.41, 5.74) is 2.78. The molecule has 0 atom stereocenters. The van der Waals surface area contributed by atoms with Crippen LogP contribution >= 0.6 is 27.7 Å². The molecule has 0 radical (unpaired) electrons. The van der Waals surface area contributed by atoms with Gasteiger partial charge in [-0.25, -0.2) is 0 Å². The topological polar surface area (TPSA) is 82.3 Å². The van der Waals surface area contributed by atoms with Crippen LogP contribution in [0.25, 0.3) is 10.9 Å². The summed E-state index contributed by atoms with van der Waals surface area (Å²) >= 11 is 4.49. The number of rotatable bonds is 4. The van der Waals surface area contributed by atoms with Crippen LogP contribution in [0, 0.1) is 0 Å². The Labute approximate surface area is 167 Å². The fraction of sp³-hybridized carbons (Fsp3) is 0.105. The van der Waals surface area contributed by atoms with Crippen molar-refractivity contribution in [1.29, 1.82) is 0 Å². The first-order valence-corrected chi connectivity index (χ1v) is 9.94. The highest BCUT2D eigenvalue weighted by molar-refractivity contribution is 9.10. The molecule has 27 heavy (non-hydrogen) atoms. The number of benzene rings is 2. The fourth-order valence-corrected chi connectivity index (χ4v) is 4.22. The standard InChI is InChI=1S/C19H14BrN3O3S/c20-16-13-3-1-2-4-14(13)22-17(16)18(25)21-12-7-5-11(6-8-12)9-23-15(24)10-27-19(23)26/h1-8,22H,9-10H2,(H,21,25). The molecule has 3 aromatic rings. The average molecular weight is 444 g/mol. The molecule has 0 spiro atoms. The first-order chi connectivity index (χ1) is 13.0. The van der Waals surface area contributed by atoms with Crippen molar-refractivity contribution in [2.24, 2.45) is 0 Å². The second-order valence-corrected chi connectivity index (χ2v) is 7.76. The van der Waals surface area contributed by atoms with E-state index >= 15 is 0 Å². The number of fused-ring (bicyclic) bond motifs is 1. The van der Waals surface area contributed by atoms with Crippen molar-refractivity contribution in [1.82, 2.24) is 9.88 Å². The number of imide groups is 1. The Morgan fingerprint density at radius 1 is 1.15 bits per heavy atom. The number of thioether (sulfide) groups is 1. The van der Waals surface area contributed by atoms with E-state index in [1.165, 1.54) is 4.90 Å². The quantitative estimate of drug-likeness (QED) is 0.626. The minimum Gasteiger partial charge on any atom is -0.350 e. The van der Waals surface area contributed by atoms with Gasteiger partial charge in [-0.2, -0.15) is 0 Å². The molecule has 1 fully saturated rings. The van der Waals surface area contributed by atoms with E-state index in [0.29, 0.717) is 11.4 Å². The molecule has 0 bridgehead atoms. The zero-order valence-corrected chi connectivity index (χ0v) is 16.4. The van der Waals surface area contributed by atoms with Crippen molar-refractivity contribution in [2.75, 3.05) is 11.1 Å². The van der Waals surface area contributed by atoms with Gasteiger partial charge in [-0.1, -0.05) is 42.1 Å². The van der Waals surface area contributed by atoms with Crippen LogP contribution in [0.2, 0.25) is 0 Å². The summed E-state index contributed by atoms with van der Waals surface area (Å²) in [6, 6.07) is 14.7. The summed E-state index contributed by atoms with van der Waals surface area (Å²) < 4.78 is 0.718. The van der Waals surface area contributed by atoms with E-state index in [-0.39, 0.29) is 29.4 Å². The van der Waals surface area contributed by atoms with Gasteiger partial charge < -0.3 is 10.3 Å². The van der Waals surface area contributed by atoms with Crippen molar-refractivity contribution < 1.29 is 14.4 Å². The van der Waals surface area contributed by atoms with E-state index in [0.717, 1.165) is 32.7 Å². The maximum Gasteiger partial charge on any atom is 0.289 e. The third kappa shape index (κ3) is 3.50. The van der Waals surface area contributed by atoms with Crippen LogP contribution in [0.15, 0.2) is 53.0 Å². The largest absolute Gasteiger partial charge is 0.350 e. The van der Waals surface area contributed by atoms with Crippen LogP contribution in [-0.2, 0) is 11.3 Å². The van der Waals surface area contributed by atoms with Crippen LogP contribution in [-0.4, -0.2) is 32.7 Å². The second kappa shape index (κ2) is 7.21. The van der Waals surface area contributed by atoms with Crippen molar-refractivity contribution in [2.45, 2.75) is 6.54 Å². The lowest BCUT2D eigenvalue weighted by Crippen LogP contribution is -2.27. The normalized spacial score (nSPS) is 14.2. The molecule has 1 aromatic heterocycles. The van der Waals surface area contributed by atoms with Crippen molar-refractivity contribution in [3.8, 4) is 0 Å². The van der Waals surface area contributed by atoms with Crippen LogP contribution in [0.4, 0.5) is 10.5 Å². The lowest BCUT2D eigenvalue weighted by atomic mass is 10.2. The maximum absolute atomic E-state index is 12.6. The van der Waals surface area contributed by atoms with Gasteiger partial charge in [-0.3, -0.25) is 19.3 Å². The summed E-state index contributed by atoms with van der Waals surface area (Å²) in [5, 5.41) is 3.57. The highest BCUT2D eigenvalue weighted by Gasteiger charge is 2.29. The van der Waals surface area contributed by atoms with E-state index in [1.807, 2.05) is 24.3 Å². The smallest absolute Gasteiger partial charge is 0.289 e. The molecule has 2 heterocycles. The van der Waals surface area contributed by atoms with Crippen LogP contribution in [0.1, 0.15) is 16.1 Å². The molecular formula is C19H14BrN3O3S. The number of hydrogen-bond acceptors (Lipinski definition) is 4. The minimum atomic E-state index is -0.257. The predicted octanol–water partition coefficient (Wildman–Crippen LogP) is 4.38. The highest BCUT2D eigenvalue weighted by Crippen LogP contribution is 2.28. The predicted molar refractivity (Wildman–Crippen MR) is 109 cm³/mol. The third-order valence-electron chi connectivity index (χ3n) is 4.26. The van der Waals surface area contributed by atoms with Crippen molar-refractivity contribution in [3.63, 3.8) is 0 Å². The molecule has 6 nitrogen and oxygen atoms in total. The number of amides is 3. The number of para-hydroxylation sites is 1. The number of nitrogens with one attached hydrogen (secondary N) is 2. The van der Waals surface area contributed by atoms with Gasteiger partial charge in [0, 0.05) is 16.6 Å². The molecular weight excluding hydrogens is 430 g/mol. The monoisotopic (exact) mass is 443 g/mol. The highest BCUT2D eigenvalue weighted by atomic mass is 79.9. The van der Waals surface area contributed by atoms with Gasteiger partial charge >= 0.3 is 0 Å². The average Bonchev–Trinajstić information content (AvgIpc) is 3.18. The van der Waals surface area contributed by atoms with E-state index in [1.54, 1.807) is 24.3 Å². The summed E-state index contributed by atoms with van der Waals surface area (Å²) in [6.45, 7) is 0.243. The molecule has 4 rings (SSSR count). The number of carbonyl (C=O) groups excluding carboxylic acids is 3. The number of aromatic amines is 1. The summed E-state index contributed by atoms with van der Waals surface area (Å²) in [6.07, 6.45) is 0. The number of anilines is 1. The summed E-state index contributed by atoms with van der Waals surface area (Å²) in [7, 11) is 0. The molecule has 0 aliphatic carbocycles. The first-order valence-electron chi connectivity index (χ1n) is 8.16. The number of hydrogen-bond donors (Lipinski definition) is 2. The molecule has 3 amide bonds. The number of carbonyl (C=O) groups is 3. The third-order valence-corrected chi connectivity index (χ3v) is 5.95. The van der Waals surface area contributed by atoms with E-state index in [9.17, 15) is 14.4 Å². The number of H-pyrrole nitrogens is 1. The van der Waals surface area contributed by atoms with Gasteiger partial charge in [0.15, 0.2) is 0 Å². The summed E-state index contributed by atoms with van der Waals surface area (Å²) in [4.78, 5) is 40.3. The lowest BCUT2D eigenvalue weighted by molar-refractivity contribution is -0.125. The van der Waals surface area contributed by atoms with Crippen molar-refractivity contribution in [3.05, 3.63) is 64.3 Å². The van der Waals surface area contributed by atoms with E-state index in [4.69, 9.17) is 0 Å². The summed E-state index contributed by atoms with van der Waals surface area (Å²) in [5.74, 6) is -0.232. The Morgan fingerprint density at radius 3 is 2.56 bits per heavy atom. The first kappa shape index (κ1) is 17.8. The molecule has 136 valence electrons. The molecule has 8 heteroatoms. The fourth-order valence-electron chi connectivity index (χ4n) is 2.87. The molecule has 2 aromatic carbocycles. The van der Waals surface area contributed by atoms with Gasteiger partial charge in [0.25, 0.3) is 11.1 Å². The molecule has 1 aliphatic rings. The van der Waals surface area contributed by atoms with Crippen molar-refractivity contribution >= 4 is 61.3 Å². The number of nitrogens with zero attached hydrogens (tertiary/aromatic N) is 1. The molecule has 0 unspecified atom stereocenters. The number of aromatic nitrogens is 1. The maximum atomic E-state index is 12.6. The number of halogens is 1. The zero-order valence-electron chi connectivity index (χ0n) is 14.0. The Balaban J connectivity index is 1.48.